The third kappa shape index (κ3) is 3.24. The molecule has 2 aliphatic rings. The number of aryl methyl sites for hydroxylation is 1. The summed E-state index contributed by atoms with van der Waals surface area (Å²) in [6, 6.07) is 4.16. The number of ether oxygens (including phenoxy) is 2. The Bertz CT molecular complexity index is 1290. The predicted molar refractivity (Wildman–Crippen MR) is 112 cm³/mol. The van der Waals surface area contributed by atoms with Gasteiger partial charge in [0.1, 0.15) is 23.2 Å². The molecular formula is C22H24N4O5. The van der Waals surface area contributed by atoms with Gasteiger partial charge in [-0.2, -0.15) is 4.98 Å². The van der Waals surface area contributed by atoms with E-state index in [1.807, 2.05) is 6.92 Å². The maximum absolute atomic E-state index is 12.5. The molecule has 0 bridgehead atoms. The molecule has 5 rings (SSSR count). The summed E-state index contributed by atoms with van der Waals surface area (Å²) in [5.74, 6) is 2.69. The quantitative estimate of drug-likeness (QED) is 0.618. The molecule has 0 N–H and O–H groups in total. The minimum absolute atomic E-state index is 0.0497. The smallest absolute Gasteiger partial charge is 0.330 e. The molecule has 162 valence electrons. The maximum atomic E-state index is 12.5. The van der Waals surface area contributed by atoms with Crippen molar-refractivity contribution in [2.24, 2.45) is 14.1 Å². The van der Waals surface area contributed by atoms with Crippen molar-refractivity contribution in [1.29, 1.82) is 0 Å². The van der Waals surface area contributed by atoms with E-state index in [0.717, 1.165) is 34.5 Å². The van der Waals surface area contributed by atoms with Crippen LogP contribution in [0, 0.1) is 0 Å². The Kier molecular flexibility index (Phi) is 4.49. The SMILES string of the molecule is CCOc1cc2c(cc1C1CC1c1nc(-c3cn(C)c(=O)n(C)c3=O)no1)OC(C)C2. The molecule has 9 heteroatoms. The molecule has 3 atom stereocenters. The third-order valence-corrected chi connectivity index (χ3v) is 5.96. The van der Waals surface area contributed by atoms with E-state index in [1.54, 1.807) is 7.05 Å². The zero-order chi connectivity index (χ0) is 21.9. The van der Waals surface area contributed by atoms with Gasteiger partial charge in [0.2, 0.25) is 11.7 Å². The second-order valence-electron chi connectivity index (χ2n) is 8.27. The summed E-state index contributed by atoms with van der Waals surface area (Å²) in [4.78, 5) is 28.9. The summed E-state index contributed by atoms with van der Waals surface area (Å²) in [6.45, 7) is 4.61. The molecule has 1 aromatic carbocycles. The zero-order valence-electron chi connectivity index (χ0n) is 17.9. The molecule has 3 heterocycles. The molecule has 0 spiro atoms. The minimum Gasteiger partial charge on any atom is -0.494 e. The Balaban J connectivity index is 1.45. The summed E-state index contributed by atoms with van der Waals surface area (Å²) in [5, 5.41) is 4.00. The number of fused-ring (bicyclic) bond motifs is 1. The topological polar surface area (TPSA) is 101 Å². The van der Waals surface area contributed by atoms with Crippen LogP contribution in [0.25, 0.3) is 11.4 Å². The van der Waals surface area contributed by atoms with Crippen LogP contribution in [0.1, 0.15) is 49.1 Å². The van der Waals surface area contributed by atoms with Gasteiger partial charge < -0.3 is 18.6 Å². The van der Waals surface area contributed by atoms with E-state index in [2.05, 4.69) is 29.2 Å². The fourth-order valence-electron chi connectivity index (χ4n) is 4.29. The fraction of sp³-hybridized carbons (Fsp3) is 0.455. The van der Waals surface area contributed by atoms with Crippen LogP contribution in [0.5, 0.6) is 11.5 Å². The maximum Gasteiger partial charge on any atom is 0.330 e. The van der Waals surface area contributed by atoms with Crippen molar-refractivity contribution < 1.29 is 14.0 Å². The molecule has 1 fully saturated rings. The molecule has 0 saturated heterocycles. The summed E-state index contributed by atoms with van der Waals surface area (Å²) in [6.07, 6.45) is 3.33. The molecule has 1 saturated carbocycles. The molecular weight excluding hydrogens is 400 g/mol. The van der Waals surface area contributed by atoms with Gasteiger partial charge in [0.15, 0.2) is 0 Å². The molecule has 3 aromatic rings. The van der Waals surface area contributed by atoms with Crippen molar-refractivity contribution in [1.82, 2.24) is 19.3 Å². The van der Waals surface area contributed by atoms with Gasteiger partial charge in [-0.3, -0.25) is 9.36 Å². The lowest BCUT2D eigenvalue weighted by molar-refractivity contribution is 0.254. The van der Waals surface area contributed by atoms with Gasteiger partial charge in [0.05, 0.1) is 6.61 Å². The summed E-state index contributed by atoms with van der Waals surface area (Å²) >= 11 is 0. The first-order valence-electron chi connectivity index (χ1n) is 10.4. The van der Waals surface area contributed by atoms with Crippen molar-refractivity contribution in [2.45, 2.75) is 44.6 Å². The molecule has 31 heavy (non-hydrogen) atoms. The largest absolute Gasteiger partial charge is 0.494 e. The highest BCUT2D eigenvalue weighted by Gasteiger charge is 2.46. The van der Waals surface area contributed by atoms with E-state index in [1.165, 1.54) is 23.4 Å². The number of benzene rings is 1. The lowest BCUT2D eigenvalue weighted by atomic mass is 10.0. The summed E-state index contributed by atoms with van der Waals surface area (Å²) in [5.41, 5.74) is 1.62. The molecule has 3 unspecified atom stereocenters. The number of hydrogen-bond donors (Lipinski definition) is 0. The van der Waals surface area contributed by atoms with Crippen molar-refractivity contribution in [3.05, 3.63) is 56.2 Å². The monoisotopic (exact) mass is 424 g/mol. The van der Waals surface area contributed by atoms with Gasteiger partial charge >= 0.3 is 5.69 Å². The van der Waals surface area contributed by atoms with Crippen molar-refractivity contribution in [3.63, 3.8) is 0 Å². The highest BCUT2D eigenvalue weighted by molar-refractivity contribution is 5.54. The second kappa shape index (κ2) is 7.11. The van der Waals surface area contributed by atoms with Gasteiger partial charge in [0, 0.05) is 49.7 Å². The van der Waals surface area contributed by atoms with Crippen LogP contribution in [-0.4, -0.2) is 32.0 Å². The first-order valence-corrected chi connectivity index (χ1v) is 10.4. The van der Waals surface area contributed by atoms with Crippen LogP contribution in [0.15, 0.2) is 32.4 Å². The van der Waals surface area contributed by atoms with Crippen molar-refractivity contribution in [3.8, 4) is 22.9 Å². The van der Waals surface area contributed by atoms with Gasteiger partial charge in [-0.1, -0.05) is 5.16 Å². The molecule has 1 aliphatic carbocycles. The Labute approximate surface area is 178 Å². The normalized spacial score (nSPS) is 21.6. The lowest BCUT2D eigenvalue weighted by Crippen LogP contribution is -2.37. The Morgan fingerprint density at radius 1 is 1.23 bits per heavy atom. The average molecular weight is 424 g/mol. The predicted octanol–water partition coefficient (Wildman–Crippen LogP) is 2.13. The lowest BCUT2D eigenvalue weighted by Gasteiger charge is -2.12. The first kappa shape index (κ1) is 19.6. The van der Waals surface area contributed by atoms with E-state index in [0.29, 0.717) is 12.5 Å². The van der Waals surface area contributed by atoms with E-state index in [-0.39, 0.29) is 29.3 Å². The molecule has 0 amide bonds. The zero-order valence-corrected chi connectivity index (χ0v) is 17.9. The highest BCUT2D eigenvalue weighted by atomic mass is 16.5. The standard InChI is InChI=1S/C22H24N4O5/c1-5-29-18-7-12-6-11(2)30-17(12)9-14(18)13-8-15(13)20-23-19(24-31-20)16-10-25(3)22(28)26(4)21(16)27/h7,9-11,13,15H,5-6,8H2,1-4H3. The second-order valence-corrected chi connectivity index (χ2v) is 8.27. The third-order valence-electron chi connectivity index (χ3n) is 5.96. The van der Waals surface area contributed by atoms with E-state index >= 15 is 0 Å². The van der Waals surface area contributed by atoms with Crippen LogP contribution in [0.2, 0.25) is 0 Å². The van der Waals surface area contributed by atoms with Crippen LogP contribution in [0.4, 0.5) is 0 Å². The summed E-state index contributed by atoms with van der Waals surface area (Å²) in [7, 11) is 3.01. The fourth-order valence-corrected chi connectivity index (χ4v) is 4.29. The van der Waals surface area contributed by atoms with Gasteiger partial charge in [-0.05, 0) is 32.4 Å². The first-order chi connectivity index (χ1) is 14.9. The van der Waals surface area contributed by atoms with E-state index < -0.39 is 11.2 Å². The van der Waals surface area contributed by atoms with E-state index in [9.17, 15) is 9.59 Å². The highest BCUT2D eigenvalue weighted by Crippen LogP contribution is 2.57. The molecule has 0 radical (unpaired) electrons. The Hall–Kier alpha value is -3.36. The summed E-state index contributed by atoms with van der Waals surface area (Å²) < 4.78 is 19.7. The van der Waals surface area contributed by atoms with Gasteiger partial charge in [0.25, 0.3) is 5.56 Å². The van der Waals surface area contributed by atoms with Crippen LogP contribution in [-0.2, 0) is 20.5 Å². The van der Waals surface area contributed by atoms with Gasteiger partial charge in [-0.15, -0.1) is 0 Å². The van der Waals surface area contributed by atoms with E-state index in [4.69, 9.17) is 14.0 Å². The Morgan fingerprint density at radius 3 is 2.81 bits per heavy atom. The van der Waals surface area contributed by atoms with Crippen molar-refractivity contribution >= 4 is 0 Å². The van der Waals surface area contributed by atoms with Gasteiger partial charge in [-0.25, -0.2) is 4.79 Å². The average Bonchev–Trinajstić information content (AvgIpc) is 3.21. The molecule has 2 aromatic heterocycles. The number of nitrogens with zero attached hydrogens (tertiary/aromatic N) is 4. The molecule has 1 aliphatic heterocycles. The number of rotatable bonds is 5. The number of aromatic nitrogens is 4. The van der Waals surface area contributed by atoms with Crippen LogP contribution >= 0.6 is 0 Å². The minimum atomic E-state index is -0.452. The van der Waals surface area contributed by atoms with Crippen molar-refractivity contribution in [2.75, 3.05) is 6.61 Å². The van der Waals surface area contributed by atoms with Crippen LogP contribution < -0.4 is 20.7 Å². The van der Waals surface area contributed by atoms with Crippen LogP contribution in [0.3, 0.4) is 0 Å². The molecule has 9 nitrogen and oxygen atoms in total. The Morgan fingerprint density at radius 2 is 2.03 bits per heavy atom. The number of hydrogen-bond acceptors (Lipinski definition) is 7.